The molecule has 0 saturated carbocycles. The van der Waals surface area contributed by atoms with Crippen LogP contribution in [0.5, 0.6) is 0 Å². The Bertz CT molecular complexity index is 526. The molecule has 0 radical (unpaired) electrons. The van der Waals surface area contributed by atoms with Gasteiger partial charge < -0.3 is 0 Å². The number of hydrogen-bond donors (Lipinski definition) is 0. The Balaban J connectivity index is 2.43. The van der Waals surface area contributed by atoms with Crippen LogP contribution in [0.3, 0.4) is 0 Å². The van der Waals surface area contributed by atoms with Crippen molar-refractivity contribution in [1.29, 1.82) is 0 Å². The summed E-state index contributed by atoms with van der Waals surface area (Å²) in [5, 5.41) is 10.5. The average molecular weight is 279 g/mol. The minimum absolute atomic E-state index is 0.0868. The van der Waals surface area contributed by atoms with Crippen LogP contribution < -0.4 is 0 Å². The second kappa shape index (κ2) is 4.40. The quantitative estimate of drug-likeness (QED) is 0.625. The lowest BCUT2D eigenvalue weighted by atomic mass is 10.1. The van der Waals surface area contributed by atoms with Gasteiger partial charge in [0.2, 0.25) is 0 Å². The van der Waals surface area contributed by atoms with Gasteiger partial charge in [-0.3, -0.25) is 15.1 Å². The van der Waals surface area contributed by atoms with E-state index >= 15 is 0 Å². The monoisotopic (exact) mass is 278 g/mol. The molecular formula is C11H7BrN2O2. The number of non-ortho nitro benzene ring substituents is 1. The lowest BCUT2D eigenvalue weighted by Crippen LogP contribution is -1.87. The van der Waals surface area contributed by atoms with Crippen LogP contribution in [0.2, 0.25) is 0 Å². The predicted molar refractivity (Wildman–Crippen MR) is 64.0 cm³/mol. The van der Waals surface area contributed by atoms with Gasteiger partial charge >= 0.3 is 0 Å². The van der Waals surface area contributed by atoms with Gasteiger partial charge in [-0.05, 0) is 23.8 Å². The number of halogens is 1. The van der Waals surface area contributed by atoms with E-state index in [2.05, 4.69) is 20.9 Å². The van der Waals surface area contributed by atoms with Gasteiger partial charge in [-0.1, -0.05) is 15.9 Å². The summed E-state index contributed by atoms with van der Waals surface area (Å²) in [7, 11) is 0. The highest BCUT2D eigenvalue weighted by molar-refractivity contribution is 9.10. The molecule has 0 amide bonds. The summed E-state index contributed by atoms with van der Waals surface area (Å²) in [5.41, 5.74) is 1.90. The normalized spacial score (nSPS) is 10.1. The van der Waals surface area contributed by atoms with Crippen LogP contribution in [-0.2, 0) is 0 Å². The number of nitro groups is 1. The van der Waals surface area contributed by atoms with Crippen molar-refractivity contribution in [1.82, 2.24) is 4.98 Å². The molecular weight excluding hydrogens is 272 g/mol. The number of hydrogen-bond acceptors (Lipinski definition) is 3. The van der Waals surface area contributed by atoms with Crippen molar-refractivity contribution in [2.24, 2.45) is 0 Å². The fourth-order valence-electron chi connectivity index (χ4n) is 1.35. The van der Waals surface area contributed by atoms with Gasteiger partial charge in [0.1, 0.15) is 0 Å². The maximum Gasteiger partial charge on any atom is 0.269 e. The molecule has 2 aromatic rings. The molecule has 0 fully saturated rings. The lowest BCUT2D eigenvalue weighted by molar-refractivity contribution is -0.384. The second-order valence-corrected chi connectivity index (χ2v) is 4.01. The Morgan fingerprint density at radius 2 is 1.88 bits per heavy atom. The molecule has 80 valence electrons. The minimum atomic E-state index is -0.415. The second-order valence-electron chi connectivity index (χ2n) is 3.16. The van der Waals surface area contributed by atoms with Crippen molar-refractivity contribution in [3.63, 3.8) is 0 Å². The van der Waals surface area contributed by atoms with Crippen molar-refractivity contribution in [2.45, 2.75) is 0 Å². The van der Waals surface area contributed by atoms with E-state index in [1.807, 2.05) is 6.07 Å². The molecule has 0 bridgehead atoms. The largest absolute Gasteiger partial charge is 0.269 e. The highest BCUT2D eigenvalue weighted by atomic mass is 79.9. The van der Waals surface area contributed by atoms with Crippen LogP contribution in [-0.4, -0.2) is 9.91 Å². The van der Waals surface area contributed by atoms with Gasteiger partial charge in [-0.25, -0.2) is 0 Å². The van der Waals surface area contributed by atoms with Crippen LogP contribution in [0.25, 0.3) is 11.1 Å². The molecule has 1 aromatic heterocycles. The summed E-state index contributed by atoms with van der Waals surface area (Å²) in [4.78, 5) is 14.1. The first-order valence-corrected chi connectivity index (χ1v) is 5.32. The van der Waals surface area contributed by atoms with E-state index < -0.39 is 4.92 Å². The minimum Gasteiger partial charge on any atom is -0.264 e. The molecule has 16 heavy (non-hydrogen) atoms. The van der Waals surface area contributed by atoms with Crippen LogP contribution in [0.1, 0.15) is 0 Å². The van der Waals surface area contributed by atoms with E-state index in [1.165, 1.54) is 12.1 Å². The summed E-state index contributed by atoms with van der Waals surface area (Å²) in [6.07, 6.45) is 3.39. The zero-order valence-corrected chi connectivity index (χ0v) is 9.72. The number of nitro benzene ring substituents is 1. The Morgan fingerprint density at radius 3 is 2.44 bits per heavy atom. The molecule has 0 N–H and O–H groups in total. The third-order valence-corrected chi connectivity index (χ3v) is 2.85. The summed E-state index contributed by atoms with van der Waals surface area (Å²) >= 11 is 3.41. The molecule has 0 aliphatic rings. The van der Waals surface area contributed by atoms with Gasteiger partial charge in [0.15, 0.2) is 0 Å². The molecule has 5 heteroatoms. The smallest absolute Gasteiger partial charge is 0.264 e. The van der Waals surface area contributed by atoms with Crippen LogP contribution >= 0.6 is 15.9 Å². The Labute approximate surface area is 100 Å². The third kappa shape index (κ3) is 2.09. The van der Waals surface area contributed by atoms with Crippen molar-refractivity contribution in [3.05, 3.63) is 57.3 Å². The Morgan fingerprint density at radius 1 is 1.19 bits per heavy atom. The van der Waals surface area contributed by atoms with Gasteiger partial charge in [0, 0.05) is 34.6 Å². The molecule has 0 saturated heterocycles. The fraction of sp³-hybridized carbons (Fsp3) is 0. The maximum atomic E-state index is 10.5. The predicted octanol–water partition coefficient (Wildman–Crippen LogP) is 3.42. The summed E-state index contributed by atoms with van der Waals surface area (Å²) in [6.45, 7) is 0. The zero-order valence-electron chi connectivity index (χ0n) is 8.13. The average Bonchev–Trinajstić information content (AvgIpc) is 2.30. The van der Waals surface area contributed by atoms with E-state index in [0.29, 0.717) is 0 Å². The van der Waals surface area contributed by atoms with Gasteiger partial charge in [0.05, 0.1) is 4.92 Å². The SMILES string of the molecule is O=[N+]([O-])c1ccc(-c2cnccc2Br)cc1. The first kappa shape index (κ1) is 10.8. The molecule has 1 heterocycles. The van der Waals surface area contributed by atoms with Crippen LogP contribution in [0.4, 0.5) is 5.69 Å². The fourth-order valence-corrected chi connectivity index (χ4v) is 1.80. The summed E-state index contributed by atoms with van der Waals surface area (Å²) in [5.74, 6) is 0. The maximum absolute atomic E-state index is 10.5. The Kier molecular flexibility index (Phi) is 2.96. The van der Waals surface area contributed by atoms with Crippen molar-refractivity contribution < 1.29 is 4.92 Å². The van der Waals surface area contributed by atoms with E-state index in [9.17, 15) is 10.1 Å². The molecule has 0 aliphatic carbocycles. The van der Waals surface area contributed by atoms with Gasteiger partial charge in [-0.2, -0.15) is 0 Å². The third-order valence-electron chi connectivity index (χ3n) is 2.16. The first-order valence-electron chi connectivity index (χ1n) is 4.53. The standard InChI is InChI=1S/C11H7BrN2O2/c12-11-5-6-13-7-10(11)8-1-3-9(4-2-8)14(15)16/h1-7H. The molecule has 1 aromatic carbocycles. The molecule has 2 rings (SSSR count). The molecule has 0 unspecified atom stereocenters. The van der Waals surface area contributed by atoms with Crippen molar-refractivity contribution in [2.75, 3.05) is 0 Å². The molecule has 4 nitrogen and oxygen atoms in total. The van der Waals surface area contributed by atoms with E-state index in [4.69, 9.17) is 0 Å². The number of aromatic nitrogens is 1. The zero-order chi connectivity index (χ0) is 11.5. The first-order chi connectivity index (χ1) is 7.68. The number of nitrogens with zero attached hydrogens (tertiary/aromatic N) is 2. The molecule has 0 atom stereocenters. The highest BCUT2D eigenvalue weighted by Crippen LogP contribution is 2.28. The number of benzene rings is 1. The van der Waals surface area contributed by atoms with E-state index in [-0.39, 0.29) is 5.69 Å². The van der Waals surface area contributed by atoms with Crippen molar-refractivity contribution in [3.8, 4) is 11.1 Å². The highest BCUT2D eigenvalue weighted by Gasteiger charge is 2.06. The number of rotatable bonds is 2. The van der Waals surface area contributed by atoms with E-state index in [1.54, 1.807) is 24.5 Å². The summed E-state index contributed by atoms with van der Waals surface area (Å²) < 4.78 is 0.913. The number of pyridine rings is 1. The Hall–Kier alpha value is -1.75. The van der Waals surface area contributed by atoms with Gasteiger partial charge in [0.25, 0.3) is 5.69 Å². The summed E-state index contributed by atoms with van der Waals surface area (Å²) in [6, 6.07) is 8.21. The lowest BCUT2D eigenvalue weighted by Gasteiger charge is -2.02. The molecule has 0 spiro atoms. The van der Waals surface area contributed by atoms with Crippen LogP contribution in [0.15, 0.2) is 47.2 Å². The topological polar surface area (TPSA) is 56.0 Å². The molecule has 0 aliphatic heterocycles. The van der Waals surface area contributed by atoms with Crippen molar-refractivity contribution >= 4 is 21.6 Å². The van der Waals surface area contributed by atoms with E-state index in [0.717, 1.165) is 15.6 Å². The van der Waals surface area contributed by atoms with Gasteiger partial charge in [-0.15, -0.1) is 0 Å². The van der Waals surface area contributed by atoms with Crippen LogP contribution in [0, 0.1) is 10.1 Å².